The van der Waals surface area contributed by atoms with Gasteiger partial charge >= 0.3 is 5.97 Å². The Labute approximate surface area is 323 Å². The number of cyclic esters (lactones) is 1. The van der Waals surface area contributed by atoms with Crippen LogP contribution in [-0.2, 0) is 46.4 Å². The van der Waals surface area contributed by atoms with Crippen LogP contribution in [0.1, 0.15) is 35.6 Å². The van der Waals surface area contributed by atoms with Gasteiger partial charge in [0.25, 0.3) is 0 Å². The number of ether oxygens (including phenoxy) is 3. The summed E-state index contributed by atoms with van der Waals surface area (Å²) in [7, 11) is 1.51. The Balaban J connectivity index is 1.35. The molecule has 7 rings (SSSR count). The Morgan fingerprint density at radius 2 is 1.57 bits per heavy atom. The monoisotopic (exact) mass is 797 g/mol. The van der Waals surface area contributed by atoms with Crippen molar-refractivity contribution in [1.82, 2.24) is 15.1 Å². The molecule has 4 aliphatic rings. The fourth-order valence-corrected chi connectivity index (χ4v) is 9.11. The molecule has 11 nitrogen and oxygen atoms in total. The van der Waals surface area contributed by atoms with E-state index in [-0.39, 0.29) is 44.4 Å². The second-order valence-corrected chi connectivity index (χ2v) is 15.1. The SMILES string of the molecule is COC[C@H]1NC(=O)CC/C=C\CN(Cc2ccccc2)C(=O)[C@@H]2N([C@@H](CO)Cc3ccccc3)C(=O)[C@H]3[C@H](C(=O)O[C@@H]1c1ccccc1)[C@H]1O[C@@]23C=C1Br. The van der Waals surface area contributed by atoms with E-state index in [9.17, 15) is 14.7 Å². The average molecular weight is 799 g/mol. The molecule has 0 aromatic heterocycles. The van der Waals surface area contributed by atoms with Gasteiger partial charge < -0.3 is 34.4 Å². The highest BCUT2D eigenvalue weighted by molar-refractivity contribution is 9.11. The first-order valence-corrected chi connectivity index (χ1v) is 19.1. The van der Waals surface area contributed by atoms with E-state index < -0.39 is 66.3 Å². The predicted molar refractivity (Wildman–Crippen MR) is 203 cm³/mol. The molecule has 0 saturated carbocycles. The van der Waals surface area contributed by atoms with E-state index in [0.29, 0.717) is 16.5 Å². The van der Waals surface area contributed by atoms with Gasteiger partial charge in [0.15, 0.2) is 0 Å². The molecule has 0 unspecified atom stereocenters. The molecule has 4 heterocycles. The summed E-state index contributed by atoms with van der Waals surface area (Å²) in [6, 6.07) is 25.3. The van der Waals surface area contributed by atoms with Crippen LogP contribution < -0.4 is 5.32 Å². The largest absolute Gasteiger partial charge is 0.455 e. The third-order valence-corrected chi connectivity index (χ3v) is 11.5. The Kier molecular flexibility index (Phi) is 11.4. The average Bonchev–Trinajstić information content (AvgIpc) is 3.78. The van der Waals surface area contributed by atoms with Crippen LogP contribution in [0.15, 0.2) is 114 Å². The first-order chi connectivity index (χ1) is 26.3. The number of hydrogen-bond donors (Lipinski definition) is 2. The van der Waals surface area contributed by atoms with E-state index in [4.69, 9.17) is 14.2 Å². The second kappa shape index (κ2) is 16.4. The Bertz CT molecular complexity index is 1890. The molecule has 8 atom stereocenters. The molecule has 54 heavy (non-hydrogen) atoms. The van der Waals surface area contributed by atoms with Crippen LogP contribution in [0.25, 0.3) is 0 Å². The number of allylic oxidation sites excluding steroid dienone is 1. The van der Waals surface area contributed by atoms with Gasteiger partial charge in [-0.05, 0) is 35.6 Å². The number of benzene rings is 3. The highest BCUT2D eigenvalue weighted by Gasteiger charge is 2.75. The summed E-state index contributed by atoms with van der Waals surface area (Å²) >= 11 is 3.63. The molecule has 0 radical (unpaired) electrons. The van der Waals surface area contributed by atoms with Crippen molar-refractivity contribution < 1.29 is 38.5 Å². The van der Waals surface area contributed by atoms with Crippen molar-refractivity contribution in [2.75, 3.05) is 26.9 Å². The zero-order valence-corrected chi connectivity index (χ0v) is 31.5. The van der Waals surface area contributed by atoms with E-state index in [1.165, 1.54) is 12.0 Å². The van der Waals surface area contributed by atoms with Crippen LogP contribution in [0.2, 0.25) is 0 Å². The molecule has 1 spiro atoms. The van der Waals surface area contributed by atoms with Crippen LogP contribution >= 0.6 is 15.9 Å². The Morgan fingerprint density at radius 3 is 2.24 bits per heavy atom. The fraction of sp³-hybridized carbons (Fsp3) is 0.381. The van der Waals surface area contributed by atoms with Crippen molar-refractivity contribution in [2.45, 2.75) is 61.7 Å². The third-order valence-electron chi connectivity index (χ3n) is 10.8. The first-order valence-electron chi connectivity index (χ1n) is 18.3. The number of esters is 1. The zero-order chi connectivity index (χ0) is 37.8. The number of nitrogens with zero attached hydrogens (tertiary/aromatic N) is 2. The van der Waals surface area contributed by atoms with Crippen molar-refractivity contribution in [2.24, 2.45) is 11.8 Å². The van der Waals surface area contributed by atoms with Crippen molar-refractivity contribution >= 4 is 39.6 Å². The van der Waals surface area contributed by atoms with Crippen LogP contribution in [0, 0.1) is 11.8 Å². The lowest BCUT2D eigenvalue weighted by Gasteiger charge is -2.39. The lowest BCUT2D eigenvalue weighted by atomic mass is 9.74. The smallest absolute Gasteiger partial charge is 0.313 e. The molecular weight excluding hydrogens is 754 g/mol. The number of carbonyl (C=O) groups excluding carboxylic acids is 4. The summed E-state index contributed by atoms with van der Waals surface area (Å²) in [5.41, 5.74) is 0.842. The van der Waals surface area contributed by atoms with Crippen LogP contribution in [0.5, 0.6) is 0 Å². The number of fused-ring (bicyclic) bond motifs is 2. The second-order valence-electron chi connectivity index (χ2n) is 14.2. The number of hydrogen-bond acceptors (Lipinski definition) is 8. The van der Waals surface area contributed by atoms with Gasteiger partial charge in [0.1, 0.15) is 29.8 Å². The van der Waals surface area contributed by atoms with E-state index in [1.54, 1.807) is 23.1 Å². The van der Waals surface area contributed by atoms with Crippen molar-refractivity contribution in [1.29, 1.82) is 0 Å². The molecule has 3 aromatic carbocycles. The minimum atomic E-state index is -1.54. The molecule has 2 N–H and O–H groups in total. The highest BCUT2D eigenvalue weighted by Crippen LogP contribution is 2.59. The molecule has 3 amide bonds. The van der Waals surface area contributed by atoms with Gasteiger partial charge in [-0.15, -0.1) is 0 Å². The van der Waals surface area contributed by atoms with Crippen LogP contribution in [0.3, 0.4) is 0 Å². The normalized spacial score (nSPS) is 29.7. The van der Waals surface area contributed by atoms with Gasteiger partial charge in [-0.1, -0.05) is 119 Å². The zero-order valence-electron chi connectivity index (χ0n) is 30.0. The molecule has 282 valence electrons. The molecule has 3 aromatic rings. The van der Waals surface area contributed by atoms with Gasteiger partial charge in [-0.2, -0.15) is 0 Å². The van der Waals surface area contributed by atoms with Gasteiger partial charge in [-0.25, -0.2) is 0 Å². The van der Waals surface area contributed by atoms with Crippen molar-refractivity contribution in [3.8, 4) is 0 Å². The number of carbonyl (C=O) groups is 4. The van der Waals surface area contributed by atoms with Gasteiger partial charge in [-0.3, -0.25) is 19.2 Å². The maximum Gasteiger partial charge on any atom is 0.313 e. The number of rotatable bonds is 9. The summed E-state index contributed by atoms with van der Waals surface area (Å²) in [6.07, 6.45) is 4.41. The van der Waals surface area contributed by atoms with E-state index in [1.807, 2.05) is 91.0 Å². The molecule has 2 fully saturated rings. The minimum absolute atomic E-state index is 0.0470. The number of amides is 3. The molecular formula is C42H44BrN3O8. The fourth-order valence-electron chi connectivity index (χ4n) is 8.37. The summed E-state index contributed by atoms with van der Waals surface area (Å²) in [4.78, 5) is 61.4. The summed E-state index contributed by atoms with van der Waals surface area (Å²) in [5.74, 6) is -4.10. The standard InChI is InChI=1S/C42H44BrN3O8/c1-52-26-32-36(29-18-10-4-11-19-29)53-41(51)34-35-39(49)46(30(25-47)22-27-14-6-2-7-15-27)38(42(35)23-31(43)37(34)54-42)40(50)45(24-28-16-8-3-9-17-28)21-13-5-12-20-33(48)44-32/h2-11,13-19,23,30,32,34-38,47H,12,20-22,24-26H2,1H3,(H,44,48)/b13-5-/t30-,32-,34+,35-,36-,37+,38+,42-/m1/s1. The first kappa shape index (κ1) is 37.7. The summed E-state index contributed by atoms with van der Waals surface area (Å²) in [6.45, 7) is 0.0256. The lowest BCUT2D eigenvalue weighted by molar-refractivity contribution is -0.163. The minimum Gasteiger partial charge on any atom is -0.455 e. The Morgan fingerprint density at radius 1 is 0.907 bits per heavy atom. The van der Waals surface area contributed by atoms with E-state index in [2.05, 4.69) is 21.2 Å². The van der Waals surface area contributed by atoms with Crippen molar-refractivity contribution in [3.63, 3.8) is 0 Å². The van der Waals surface area contributed by atoms with Gasteiger partial charge in [0.2, 0.25) is 17.7 Å². The van der Waals surface area contributed by atoms with E-state index in [0.717, 1.165) is 11.1 Å². The number of nitrogens with one attached hydrogen (secondary N) is 1. The number of likely N-dealkylation sites (tertiary alicyclic amines) is 1. The highest BCUT2D eigenvalue weighted by atomic mass is 79.9. The van der Waals surface area contributed by atoms with Gasteiger partial charge in [0.05, 0.1) is 31.2 Å². The quantitative estimate of drug-likeness (QED) is 0.243. The molecule has 0 aliphatic carbocycles. The number of halogens is 1. The summed E-state index contributed by atoms with van der Waals surface area (Å²) in [5, 5.41) is 14.0. The van der Waals surface area contributed by atoms with Gasteiger partial charge in [0, 0.05) is 31.1 Å². The van der Waals surface area contributed by atoms with E-state index >= 15 is 9.59 Å². The topological polar surface area (TPSA) is 135 Å². The lowest BCUT2D eigenvalue weighted by Crippen LogP contribution is -2.58. The van der Waals surface area contributed by atoms with Crippen LogP contribution in [0.4, 0.5) is 0 Å². The Hall–Kier alpha value is -4.62. The molecule has 12 heteroatoms. The van der Waals surface area contributed by atoms with Crippen LogP contribution in [-0.4, -0.2) is 95.3 Å². The third kappa shape index (κ3) is 7.27. The number of aliphatic hydroxyl groups is 1. The number of methoxy groups -OCH3 is 1. The predicted octanol–water partition coefficient (Wildman–Crippen LogP) is 4.26. The molecule has 2 saturated heterocycles. The molecule has 5 bridgehead atoms. The molecule has 4 aliphatic heterocycles. The maximum absolute atomic E-state index is 15.2. The summed E-state index contributed by atoms with van der Waals surface area (Å²) < 4.78 is 19.1. The maximum atomic E-state index is 15.2. The van der Waals surface area contributed by atoms with Crippen molar-refractivity contribution in [3.05, 3.63) is 130 Å². The number of aliphatic hydroxyl groups excluding tert-OH is 1.